The summed E-state index contributed by atoms with van der Waals surface area (Å²) >= 11 is 0. The molecule has 140 valence electrons. The minimum atomic E-state index is -0.487. The normalized spacial score (nSPS) is 24.1. The molecule has 4 nitrogen and oxygen atoms in total. The summed E-state index contributed by atoms with van der Waals surface area (Å²) in [4.78, 5) is 5.13. The number of alkyl halides is 1. The monoisotopic (exact) mass is 350 g/mol. The number of benzene rings is 1. The standard InChI is InChI=1S/C20H31FN2O2/c1-14(2)9-16-12-23-7-5-15-10-20(25-8-6-21)19(24-4)11-17(15)18(23)13-22(16)3/h10-11,14,16,18H,5-9,12-13H2,1-4H3/t16?,18-/m1/s1. The van der Waals surface area contributed by atoms with Crippen LogP contribution in [-0.4, -0.2) is 62.9 Å². The summed E-state index contributed by atoms with van der Waals surface area (Å²) in [6.45, 7) is 7.43. The van der Waals surface area contributed by atoms with Crippen molar-refractivity contribution in [3.05, 3.63) is 23.3 Å². The number of likely N-dealkylation sites (N-methyl/N-ethyl adjacent to an activating group) is 1. The first-order chi connectivity index (χ1) is 12.0. The molecule has 0 aliphatic carbocycles. The zero-order valence-corrected chi connectivity index (χ0v) is 15.9. The molecular formula is C20H31FN2O2. The fourth-order valence-corrected chi connectivity index (χ4v) is 4.24. The van der Waals surface area contributed by atoms with Crippen molar-refractivity contribution >= 4 is 0 Å². The number of methoxy groups -OCH3 is 1. The Morgan fingerprint density at radius 3 is 2.72 bits per heavy atom. The van der Waals surface area contributed by atoms with Crippen LogP contribution in [0.2, 0.25) is 0 Å². The van der Waals surface area contributed by atoms with Gasteiger partial charge in [-0.05, 0) is 49.1 Å². The van der Waals surface area contributed by atoms with E-state index in [0.717, 1.165) is 32.0 Å². The quantitative estimate of drug-likeness (QED) is 0.786. The molecule has 0 radical (unpaired) electrons. The summed E-state index contributed by atoms with van der Waals surface area (Å²) in [5, 5.41) is 0. The summed E-state index contributed by atoms with van der Waals surface area (Å²) in [5.74, 6) is 2.09. The third-order valence-electron chi connectivity index (χ3n) is 5.50. The van der Waals surface area contributed by atoms with E-state index in [1.807, 2.05) is 0 Å². The molecule has 3 rings (SSSR count). The van der Waals surface area contributed by atoms with Crippen molar-refractivity contribution in [3.8, 4) is 11.5 Å². The van der Waals surface area contributed by atoms with Crippen molar-refractivity contribution in [2.24, 2.45) is 5.92 Å². The molecular weight excluding hydrogens is 319 g/mol. The second kappa shape index (κ2) is 7.92. The Kier molecular flexibility index (Phi) is 5.85. The van der Waals surface area contributed by atoms with Gasteiger partial charge in [0.05, 0.1) is 7.11 Å². The molecule has 1 saturated heterocycles. The lowest BCUT2D eigenvalue weighted by Crippen LogP contribution is -2.55. The van der Waals surface area contributed by atoms with Crippen LogP contribution in [0.4, 0.5) is 4.39 Å². The Bertz CT molecular complexity index is 593. The Balaban J connectivity index is 1.84. The van der Waals surface area contributed by atoms with E-state index >= 15 is 0 Å². The van der Waals surface area contributed by atoms with Gasteiger partial charge in [-0.2, -0.15) is 0 Å². The molecule has 1 fully saturated rings. The number of piperazine rings is 1. The summed E-state index contributed by atoms with van der Waals surface area (Å²) < 4.78 is 23.5. The van der Waals surface area contributed by atoms with E-state index in [0.29, 0.717) is 23.6 Å². The van der Waals surface area contributed by atoms with Crippen LogP contribution in [0.1, 0.15) is 37.4 Å². The molecule has 0 bridgehead atoms. The number of ether oxygens (including phenoxy) is 2. The average Bonchev–Trinajstić information content (AvgIpc) is 2.59. The minimum absolute atomic E-state index is 0.0737. The van der Waals surface area contributed by atoms with Crippen LogP contribution < -0.4 is 9.47 Å². The summed E-state index contributed by atoms with van der Waals surface area (Å²) in [7, 11) is 3.89. The molecule has 2 heterocycles. The highest BCUT2D eigenvalue weighted by Crippen LogP contribution is 2.40. The van der Waals surface area contributed by atoms with Crippen molar-refractivity contribution in [2.45, 2.75) is 38.8 Å². The first-order valence-corrected chi connectivity index (χ1v) is 9.37. The average molecular weight is 350 g/mol. The van der Waals surface area contributed by atoms with Crippen LogP contribution >= 0.6 is 0 Å². The zero-order chi connectivity index (χ0) is 18.0. The van der Waals surface area contributed by atoms with Crippen molar-refractivity contribution in [3.63, 3.8) is 0 Å². The second-order valence-electron chi connectivity index (χ2n) is 7.72. The van der Waals surface area contributed by atoms with Gasteiger partial charge in [-0.3, -0.25) is 4.90 Å². The molecule has 2 atom stereocenters. The molecule has 2 aliphatic heterocycles. The van der Waals surface area contributed by atoms with Gasteiger partial charge in [0.15, 0.2) is 11.5 Å². The van der Waals surface area contributed by atoms with Crippen LogP contribution in [-0.2, 0) is 6.42 Å². The van der Waals surface area contributed by atoms with E-state index in [4.69, 9.17) is 9.47 Å². The molecule has 0 aromatic heterocycles. The predicted octanol–water partition coefficient (Wildman–Crippen LogP) is 3.30. The fourth-order valence-electron chi connectivity index (χ4n) is 4.24. The van der Waals surface area contributed by atoms with Crippen LogP contribution in [0, 0.1) is 5.92 Å². The molecule has 0 saturated carbocycles. The van der Waals surface area contributed by atoms with Crippen molar-refractivity contribution in [2.75, 3.05) is 47.1 Å². The van der Waals surface area contributed by atoms with E-state index in [9.17, 15) is 4.39 Å². The maximum Gasteiger partial charge on any atom is 0.161 e. The first kappa shape index (κ1) is 18.5. The molecule has 0 spiro atoms. The SMILES string of the molecule is COc1cc2c(cc1OCCF)CCN1CC(CC(C)C)N(C)C[C@H]21. The fraction of sp³-hybridized carbons (Fsp3) is 0.700. The van der Waals surface area contributed by atoms with E-state index in [2.05, 4.69) is 42.8 Å². The number of hydrogen-bond donors (Lipinski definition) is 0. The zero-order valence-electron chi connectivity index (χ0n) is 15.9. The molecule has 1 aromatic carbocycles. The topological polar surface area (TPSA) is 24.9 Å². The predicted molar refractivity (Wildman–Crippen MR) is 98.4 cm³/mol. The van der Waals surface area contributed by atoms with Crippen molar-refractivity contribution < 1.29 is 13.9 Å². The summed E-state index contributed by atoms with van der Waals surface area (Å²) in [6.07, 6.45) is 2.26. The molecule has 1 aromatic rings. The first-order valence-electron chi connectivity index (χ1n) is 9.37. The van der Waals surface area contributed by atoms with Gasteiger partial charge in [0.1, 0.15) is 13.3 Å². The Labute approximate surface area is 150 Å². The highest BCUT2D eigenvalue weighted by molar-refractivity contribution is 5.49. The van der Waals surface area contributed by atoms with Crippen LogP contribution in [0.25, 0.3) is 0 Å². The van der Waals surface area contributed by atoms with Gasteiger partial charge >= 0.3 is 0 Å². The largest absolute Gasteiger partial charge is 0.493 e. The lowest BCUT2D eigenvalue weighted by molar-refractivity contribution is 0.0294. The van der Waals surface area contributed by atoms with Crippen molar-refractivity contribution in [1.82, 2.24) is 9.80 Å². The smallest absolute Gasteiger partial charge is 0.161 e. The number of nitrogens with zero attached hydrogens (tertiary/aromatic N) is 2. The van der Waals surface area contributed by atoms with Crippen LogP contribution in [0.3, 0.4) is 0 Å². The molecule has 1 unspecified atom stereocenters. The van der Waals surface area contributed by atoms with Gasteiger partial charge in [0.25, 0.3) is 0 Å². The molecule has 25 heavy (non-hydrogen) atoms. The Hall–Kier alpha value is -1.33. The second-order valence-corrected chi connectivity index (χ2v) is 7.72. The third-order valence-corrected chi connectivity index (χ3v) is 5.50. The molecule has 0 amide bonds. The van der Waals surface area contributed by atoms with E-state index < -0.39 is 6.67 Å². The van der Waals surface area contributed by atoms with E-state index in [1.54, 1.807) is 7.11 Å². The van der Waals surface area contributed by atoms with E-state index in [-0.39, 0.29) is 6.61 Å². The lowest BCUT2D eigenvalue weighted by atomic mass is 9.88. The maximum atomic E-state index is 12.5. The van der Waals surface area contributed by atoms with Gasteiger partial charge in [-0.25, -0.2) is 4.39 Å². The van der Waals surface area contributed by atoms with Crippen LogP contribution in [0.5, 0.6) is 11.5 Å². The van der Waals surface area contributed by atoms with Gasteiger partial charge in [0.2, 0.25) is 0 Å². The Morgan fingerprint density at radius 2 is 2.04 bits per heavy atom. The number of halogens is 1. The number of fused-ring (bicyclic) bond motifs is 3. The highest BCUT2D eigenvalue weighted by Gasteiger charge is 2.36. The lowest BCUT2D eigenvalue weighted by Gasteiger charge is -2.48. The summed E-state index contributed by atoms with van der Waals surface area (Å²) in [5.41, 5.74) is 2.65. The molecule has 5 heteroatoms. The Morgan fingerprint density at radius 1 is 1.24 bits per heavy atom. The van der Waals surface area contributed by atoms with Gasteiger partial charge in [0, 0.05) is 31.7 Å². The molecule has 2 aliphatic rings. The third kappa shape index (κ3) is 3.93. The van der Waals surface area contributed by atoms with E-state index in [1.165, 1.54) is 17.5 Å². The van der Waals surface area contributed by atoms with Gasteiger partial charge in [-0.1, -0.05) is 13.8 Å². The summed E-state index contributed by atoms with van der Waals surface area (Å²) in [6, 6.07) is 5.20. The minimum Gasteiger partial charge on any atom is -0.493 e. The highest BCUT2D eigenvalue weighted by atomic mass is 19.1. The number of rotatable bonds is 6. The van der Waals surface area contributed by atoms with Gasteiger partial charge < -0.3 is 14.4 Å². The number of hydrogen-bond acceptors (Lipinski definition) is 4. The molecule has 0 N–H and O–H groups in total. The maximum absolute atomic E-state index is 12.5. The van der Waals surface area contributed by atoms with Crippen LogP contribution in [0.15, 0.2) is 12.1 Å². The van der Waals surface area contributed by atoms with Crippen molar-refractivity contribution in [1.29, 1.82) is 0 Å². The van der Waals surface area contributed by atoms with Gasteiger partial charge in [-0.15, -0.1) is 0 Å².